The normalized spacial score (nSPS) is 10.9. The van der Waals surface area contributed by atoms with Gasteiger partial charge >= 0.3 is 0 Å². The van der Waals surface area contributed by atoms with Crippen LogP contribution in [0.15, 0.2) is 143 Å². The lowest BCUT2D eigenvalue weighted by molar-refractivity contribution is 0.573. The molecule has 0 amide bonds. The van der Waals surface area contributed by atoms with Gasteiger partial charge in [-0.1, -0.05) is 60.7 Å². The number of benzene rings is 4. The molecule has 0 fully saturated rings. The summed E-state index contributed by atoms with van der Waals surface area (Å²) in [5.74, 6) is 1.52. The van der Waals surface area contributed by atoms with Crippen LogP contribution >= 0.6 is 0 Å². The summed E-state index contributed by atoms with van der Waals surface area (Å²) in [5, 5.41) is 2.21. The monoisotopic (exact) mass is 442 g/mol. The first-order valence-electron chi connectivity index (χ1n) is 11.2. The second kappa shape index (κ2) is 8.68. The fraction of sp³-hybridized carbons (Fsp3) is 0. The minimum absolute atomic E-state index is 0.759. The molecule has 0 aliphatic carbocycles. The molecule has 0 radical (unpaired) electrons. The van der Waals surface area contributed by atoms with Crippen LogP contribution in [-0.2, 0) is 0 Å². The topological polar surface area (TPSA) is 32.8 Å². The first-order chi connectivity index (χ1) is 16.9. The molecule has 6 rings (SSSR count). The zero-order chi connectivity index (χ0) is 22.7. The van der Waals surface area contributed by atoms with Crippen molar-refractivity contribution in [3.8, 4) is 0 Å². The maximum atomic E-state index is 5.86. The maximum Gasteiger partial charge on any atom is 0.204 e. The Morgan fingerprint density at radius 2 is 0.794 bits per heavy atom. The predicted octanol–water partition coefficient (Wildman–Crippen LogP) is 8.97. The number of hydrogen-bond donors (Lipinski definition) is 0. The molecule has 4 nitrogen and oxygen atoms in total. The highest BCUT2D eigenvalue weighted by molar-refractivity contribution is 6.06. The van der Waals surface area contributed by atoms with Crippen LogP contribution in [0.25, 0.3) is 10.8 Å². The van der Waals surface area contributed by atoms with E-state index >= 15 is 0 Å². The zero-order valence-electron chi connectivity index (χ0n) is 18.4. The number of fused-ring (bicyclic) bond motifs is 1. The van der Waals surface area contributed by atoms with E-state index < -0.39 is 0 Å². The third kappa shape index (κ3) is 3.51. The Bertz CT molecular complexity index is 1380. The molecule has 0 bridgehead atoms. The van der Waals surface area contributed by atoms with Gasteiger partial charge in [-0.2, -0.15) is 0 Å². The van der Waals surface area contributed by atoms with Crippen molar-refractivity contribution in [3.63, 3.8) is 0 Å². The van der Waals surface area contributed by atoms with Crippen LogP contribution in [0.1, 0.15) is 0 Å². The molecule has 0 unspecified atom stereocenters. The van der Waals surface area contributed by atoms with Crippen molar-refractivity contribution < 1.29 is 8.83 Å². The number of anilines is 6. The summed E-state index contributed by atoms with van der Waals surface area (Å²) in [6, 6.07) is 41.1. The number of furan rings is 2. The lowest BCUT2D eigenvalue weighted by Crippen LogP contribution is -2.12. The molecule has 0 atom stereocenters. The Morgan fingerprint density at radius 1 is 0.382 bits per heavy atom. The third-order valence-electron chi connectivity index (χ3n) is 5.84. The Hall–Kier alpha value is -4.70. The molecule has 2 aromatic heterocycles. The molecule has 2 heterocycles. The van der Waals surface area contributed by atoms with Gasteiger partial charge in [0.15, 0.2) is 0 Å². The molecule has 0 spiro atoms. The Morgan fingerprint density at radius 3 is 1.18 bits per heavy atom. The van der Waals surface area contributed by atoms with Gasteiger partial charge in [-0.3, -0.25) is 9.80 Å². The Kier molecular flexibility index (Phi) is 5.09. The molecule has 4 aromatic carbocycles. The van der Waals surface area contributed by atoms with Crippen molar-refractivity contribution in [2.24, 2.45) is 0 Å². The van der Waals surface area contributed by atoms with E-state index in [1.807, 2.05) is 60.7 Å². The van der Waals surface area contributed by atoms with Crippen molar-refractivity contribution in [2.45, 2.75) is 0 Å². The van der Waals surface area contributed by atoms with Gasteiger partial charge in [0.2, 0.25) is 11.8 Å². The molecule has 34 heavy (non-hydrogen) atoms. The van der Waals surface area contributed by atoms with Gasteiger partial charge in [-0.05, 0) is 48.5 Å². The van der Waals surface area contributed by atoms with E-state index in [0.717, 1.165) is 45.3 Å². The zero-order valence-corrected chi connectivity index (χ0v) is 18.4. The van der Waals surface area contributed by atoms with Gasteiger partial charge in [0, 0.05) is 34.3 Å². The van der Waals surface area contributed by atoms with E-state index in [2.05, 4.69) is 70.5 Å². The van der Waals surface area contributed by atoms with E-state index in [1.165, 1.54) is 0 Å². The first-order valence-corrected chi connectivity index (χ1v) is 11.2. The lowest BCUT2D eigenvalue weighted by Gasteiger charge is -2.28. The van der Waals surface area contributed by atoms with Crippen LogP contribution in [0.4, 0.5) is 34.5 Å². The highest BCUT2D eigenvalue weighted by Gasteiger charge is 2.22. The van der Waals surface area contributed by atoms with Gasteiger partial charge in [-0.25, -0.2) is 0 Å². The van der Waals surface area contributed by atoms with Crippen LogP contribution in [0, 0.1) is 0 Å². The average molecular weight is 443 g/mol. The van der Waals surface area contributed by atoms with E-state index in [4.69, 9.17) is 8.83 Å². The summed E-state index contributed by atoms with van der Waals surface area (Å²) in [4.78, 5) is 4.29. The van der Waals surface area contributed by atoms with Crippen LogP contribution in [0.5, 0.6) is 0 Å². The van der Waals surface area contributed by atoms with Crippen LogP contribution in [-0.4, -0.2) is 0 Å². The second-order valence-electron chi connectivity index (χ2n) is 7.89. The summed E-state index contributed by atoms with van der Waals surface area (Å²) >= 11 is 0. The summed E-state index contributed by atoms with van der Waals surface area (Å²) in [7, 11) is 0. The summed E-state index contributed by atoms with van der Waals surface area (Å²) in [6.07, 6.45) is 3.41. The highest BCUT2D eigenvalue weighted by atomic mass is 16.3. The fourth-order valence-corrected chi connectivity index (χ4v) is 4.38. The molecular weight excluding hydrogens is 420 g/mol. The Labute approximate surface area is 197 Å². The molecule has 0 saturated carbocycles. The van der Waals surface area contributed by atoms with E-state index in [0.29, 0.717) is 0 Å². The maximum absolute atomic E-state index is 5.86. The number of nitrogens with zero attached hydrogens (tertiary/aromatic N) is 2. The summed E-state index contributed by atoms with van der Waals surface area (Å²) < 4.78 is 11.7. The third-order valence-corrected chi connectivity index (χ3v) is 5.84. The van der Waals surface area contributed by atoms with Crippen LogP contribution < -0.4 is 9.80 Å². The average Bonchev–Trinajstić information content (AvgIpc) is 3.62. The minimum atomic E-state index is 0.759. The smallest absolute Gasteiger partial charge is 0.204 e. The molecule has 4 heteroatoms. The fourth-order valence-electron chi connectivity index (χ4n) is 4.38. The van der Waals surface area contributed by atoms with Gasteiger partial charge in [0.05, 0.1) is 23.9 Å². The van der Waals surface area contributed by atoms with Gasteiger partial charge in [-0.15, -0.1) is 0 Å². The predicted molar refractivity (Wildman–Crippen MR) is 138 cm³/mol. The quantitative estimate of drug-likeness (QED) is 0.258. The molecule has 6 aromatic rings. The second-order valence-corrected chi connectivity index (χ2v) is 7.89. The van der Waals surface area contributed by atoms with Gasteiger partial charge < -0.3 is 8.83 Å². The van der Waals surface area contributed by atoms with E-state index in [9.17, 15) is 0 Å². The summed E-state index contributed by atoms with van der Waals surface area (Å²) in [5.41, 5.74) is 4.13. The van der Waals surface area contributed by atoms with Crippen molar-refractivity contribution in [2.75, 3.05) is 9.80 Å². The molecule has 0 N–H and O–H groups in total. The van der Waals surface area contributed by atoms with Crippen LogP contribution in [0.3, 0.4) is 0 Å². The molecule has 0 aliphatic rings. The summed E-state index contributed by atoms with van der Waals surface area (Å²) in [6.45, 7) is 0. The first kappa shape index (κ1) is 19.9. The minimum Gasteiger partial charge on any atom is -0.448 e. The Balaban J connectivity index is 1.59. The largest absolute Gasteiger partial charge is 0.448 e. The van der Waals surface area contributed by atoms with Crippen molar-refractivity contribution in [3.05, 3.63) is 134 Å². The number of hydrogen-bond acceptors (Lipinski definition) is 4. The van der Waals surface area contributed by atoms with Gasteiger partial charge in [0.25, 0.3) is 0 Å². The molecule has 0 aliphatic heterocycles. The van der Waals surface area contributed by atoms with E-state index in [1.54, 1.807) is 12.5 Å². The molecule has 0 saturated heterocycles. The molecular formula is C30H22N2O2. The highest BCUT2D eigenvalue weighted by Crippen LogP contribution is 2.45. The number of rotatable bonds is 6. The van der Waals surface area contributed by atoms with Crippen molar-refractivity contribution >= 4 is 45.3 Å². The van der Waals surface area contributed by atoms with E-state index in [-0.39, 0.29) is 0 Å². The van der Waals surface area contributed by atoms with Crippen molar-refractivity contribution in [1.29, 1.82) is 0 Å². The van der Waals surface area contributed by atoms with Crippen molar-refractivity contribution in [1.82, 2.24) is 0 Å². The SMILES string of the molecule is c1ccc(N(c2ccco2)c2ccc(N(c3ccccc3)c3ccco3)c3ccccc23)cc1. The molecule has 164 valence electrons. The number of para-hydroxylation sites is 2. The van der Waals surface area contributed by atoms with Crippen LogP contribution in [0.2, 0.25) is 0 Å². The lowest BCUT2D eigenvalue weighted by atomic mass is 10.0. The van der Waals surface area contributed by atoms with Gasteiger partial charge in [0.1, 0.15) is 0 Å². The standard InChI is InChI=1S/C30H22N2O2/c1-3-11-23(12-4-1)31(29-17-9-21-33-29)27-19-20-28(26-16-8-7-15-25(26)27)32(30-18-10-22-34-30)24-13-5-2-6-14-24/h1-22H.